The summed E-state index contributed by atoms with van der Waals surface area (Å²) in [5.41, 5.74) is 0.282. The summed E-state index contributed by atoms with van der Waals surface area (Å²) in [6, 6.07) is 0.736. The molecule has 1 spiro atoms. The van der Waals surface area contributed by atoms with Crippen LogP contribution in [0.15, 0.2) is 0 Å². The Labute approximate surface area is 125 Å². The van der Waals surface area contributed by atoms with E-state index < -0.39 is 0 Å². The molecule has 1 N–H and O–H groups in total. The average Bonchev–Trinajstić information content (AvgIpc) is 2.93. The molecular formula is C18H33NO. The predicted molar refractivity (Wildman–Crippen MR) is 83.9 cm³/mol. The van der Waals surface area contributed by atoms with Crippen molar-refractivity contribution in [2.24, 2.45) is 11.8 Å². The van der Waals surface area contributed by atoms with Gasteiger partial charge in [0.15, 0.2) is 0 Å². The highest BCUT2D eigenvalue weighted by Gasteiger charge is 2.41. The zero-order chi connectivity index (χ0) is 13.8. The van der Waals surface area contributed by atoms with Gasteiger partial charge in [0.25, 0.3) is 0 Å². The van der Waals surface area contributed by atoms with Crippen molar-refractivity contribution in [3.05, 3.63) is 0 Å². The maximum absolute atomic E-state index is 6.21. The van der Waals surface area contributed by atoms with Crippen molar-refractivity contribution in [3.63, 3.8) is 0 Å². The van der Waals surface area contributed by atoms with Crippen LogP contribution in [0.5, 0.6) is 0 Å². The predicted octanol–water partition coefficient (Wildman–Crippen LogP) is 4.28. The first-order valence-corrected chi connectivity index (χ1v) is 9.12. The van der Waals surface area contributed by atoms with Crippen LogP contribution in [0.3, 0.4) is 0 Å². The summed E-state index contributed by atoms with van der Waals surface area (Å²) < 4.78 is 6.21. The van der Waals surface area contributed by atoms with E-state index in [9.17, 15) is 0 Å². The molecule has 0 amide bonds. The standard InChI is InChI=1S/C18H33NO/c1-19-17(13-15-7-3-2-4-8-15)16-9-12-20-18(14-16)10-5-6-11-18/h15-17,19H,2-14H2,1H3. The van der Waals surface area contributed by atoms with Crippen molar-refractivity contribution in [2.45, 2.75) is 88.7 Å². The molecule has 2 nitrogen and oxygen atoms in total. The van der Waals surface area contributed by atoms with Crippen LogP contribution in [0.4, 0.5) is 0 Å². The second-order valence-corrected chi connectivity index (χ2v) is 7.63. The molecule has 0 aromatic carbocycles. The van der Waals surface area contributed by atoms with E-state index in [2.05, 4.69) is 12.4 Å². The molecule has 116 valence electrons. The molecule has 0 aromatic rings. The van der Waals surface area contributed by atoms with E-state index in [1.165, 1.54) is 77.0 Å². The van der Waals surface area contributed by atoms with Gasteiger partial charge in [0.1, 0.15) is 0 Å². The second-order valence-electron chi connectivity index (χ2n) is 7.63. The quantitative estimate of drug-likeness (QED) is 0.829. The van der Waals surface area contributed by atoms with Crippen molar-refractivity contribution in [1.82, 2.24) is 5.32 Å². The number of nitrogens with one attached hydrogen (secondary N) is 1. The number of hydrogen-bond donors (Lipinski definition) is 1. The van der Waals surface area contributed by atoms with Crippen LogP contribution in [-0.4, -0.2) is 25.3 Å². The summed E-state index contributed by atoms with van der Waals surface area (Å²) in [5, 5.41) is 3.67. The van der Waals surface area contributed by atoms with Gasteiger partial charge in [-0.3, -0.25) is 0 Å². The van der Waals surface area contributed by atoms with Gasteiger partial charge in [0.05, 0.1) is 5.60 Å². The lowest BCUT2D eigenvalue weighted by atomic mass is 9.76. The van der Waals surface area contributed by atoms with Gasteiger partial charge in [-0.25, -0.2) is 0 Å². The maximum Gasteiger partial charge on any atom is 0.0685 e. The molecule has 0 aromatic heterocycles. The first-order valence-electron chi connectivity index (χ1n) is 9.12. The van der Waals surface area contributed by atoms with Crippen LogP contribution in [0.1, 0.15) is 77.0 Å². The zero-order valence-electron chi connectivity index (χ0n) is 13.3. The van der Waals surface area contributed by atoms with E-state index >= 15 is 0 Å². The SMILES string of the molecule is CNC(CC1CCCCC1)C1CCOC2(CCCC2)C1. The fourth-order valence-electron chi connectivity index (χ4n) is 5.10. The number of rotatable bonds is 4. The van der Waals surface area contributed by atoms with Crippen molar-refractivity contribution in [2.75, 3.05) is 13.7 Å². The minimum absolute atomic E-state index is 0.282. The largest absolute Gasteiger partial charge is 0.375 e. The molecule has 0 bridgehead atoms. The minimum atomic E-state index is 0.282. The van der Waals surface area contributed by atoms with Crippen LogP contribution >= 0.6 is 0 Å². The molecule has 2 atom stereocenters. The summed E-state index contributed by atoms with van der Waals surface area (Å²) >= 11 is 0. The molecule has 3 aliphatic rings. The van der Waals surface area contributed by atoms with Crippen molar-refractivity contribution in [3.8, 4) is 0 Å². The van der Waals surface area contributed by atoms with Crippen molar-refractivity contribution < 1.29 is 4.74 Å². The Morgan fingerprint density at radius 3 is 2.50 bits per heavy atom. The van der Waals surface area contributed by atoms with Gasteiger partial charge in [-0.1, -0.05) is 44.9 Å². The molecule has 3 rings (SSSR count). The Bertz CT molecular complexity index is 292. The van der Waals surface area contributed by atoms with Gasteiger partial charge in [-0.05, 0) is 51.0 Å². The first kappa shape index (κ1) is 14.8. The average molecular weight is 279 g/mol. The summed E-state index contributed by atoms with van der Waals surface area (Å²) in [7, 11) is 2.18. The van der Waals surface area contributed by atoms with Crippen LogP contribution in [0.25, 0.3) is 0 Å². The second kappa shape index (κ2) is 6.79. The monoisotopic (exact) mass is 279 g/mol. The number of ether oxygens (including phenoxy) is 1. The third-order valence-corrected chi connectivity index (χ3v) is 6.30. The molecule has 2 unspecified atom stereocenters. The smallest absolute Gasteiger partial charge is 0.0685 e. The number of hydrogen-bond acceptors (Lipinski definition) is 2. The van der Waals surface area contributed by atoms with Crippen LogP contribution in [-0.2, 0) is 4.74 Å². The minimum Gasteiger partial charge on any atom is -0.375 e. The molecule has 1 aliphatic heterocycles. The van der Waals surface area contributed by atoms with Crippen LogP contribution in [0.2, 0.25) is 0 Å². The van der Waals surface area contributed by atoms with E-state index in [4.69, 9.17) is 4.74 Å². The van der Waals surface area contributed by atoms with Gasteiger partial charge >= 0.3 is 0 Å². The Hall–Kier alpha value is -0.0800. The molecule has 1 heterocycles. The van der Waals surface area contributed by atoms with Crippen molar-refractivity contribution in [1.29, 1.82) is 0 Å². The van der Waals surface area contributed by atoms with Crippen LogP contribution in [0, 0.1) is 11.8 Å². The summed E-state index contributed by atoms with van der Waals surface area (Å²) in [4.78, 5) is 0. The molecule has 1 saturated heterocycles. The molecule has 20 heavy (non-hydrogen) atoms. The van der Waals surface area contributed by atoms with E-state index in [0.29, 0.717) is 0 Å². The molecule has 2 heteroatoms. The Morgan fingerprint density at radius 1 is 1.05 bits per heavy atom. The molecule has 3 fully saturated rings. The Kier molecular flexibility index (Phi) is 5.04. The highest BCUT2D eigenvalue weighted by Crippen LogP contribution is 2.43. The highest BCUT2D eigenvalue weighted by molar-refractivity contribution is 4.94. The lowest BCUT2D eigenvalue weighted by Crippen LogP contribution is -2.45. The van der Waals surface area contributed by atoms with Gasteiger partial charge in [0, 0.05) is 12.6 Å². The van der Waals surface area contributed by atoms with E-state index in [-0.39, 0.29) is 5.60 Å². The Balaban J connectivity index is 1.57. The third kappa shape index (κ3) is 3.39. The lowest BCUT2D eigenvalue weighted by molar-refractivity contribution is -0.0987. The van der Waals surface area contributed by atoms with Crippen LogP contribution < -0.4 is 5.32 Å². The first-order chi connectivity index (χ1) is 9.81. The topological polar surface area (TPSA) is 21.3 Å². The normalized spacial score (nSPS) is 32.5. The summed E-state index contributed by atoms with van der Waals surface area (Å²) in [6.45, 7) is 1.01. The van der Waals surface area contributed by atoms with Gasteiger partial charge in [-0.15, -0.1) is 0 Å². The van der Waals surface area contributed by atoms with E-state index in [0.717, 1.165) is 24.5 Å². The van der Waals surface area contributed by atoms with Gasteiger partial charge in [0.2, 0.25) is 0 Å². The molecular weight excluding hydrogens is 246 g/mol. The highest BCUT2D eigenvalue weighted by atomic mass is 16.5. The fraction of sp³-hybridized carbons (Fsp3) is 1.00. The molecule has 0 radical (unpaired) electrons. The molecule has 2 saturated carbocycles. The summed E-state index contributed by atoms with van der Waals surface area (Å²) in [5.74, 6) is 1.84. The van der Waals surface area contributed by atoms with E-state index in [1.54, 1.807) is 0 Å². The third-order valence-electron chi connectivity index (χ3n) is 6.30. The lowest BCUT2D eigenvalue weighted by Gasteiger charge is -2.42. The fourth-order valence-corrected chi connectivity index (χ4v) is 5.10. The maximum atomic E-state index is 6.21. The summed E-state index contributed by atoms with van der Waals surface area (Å²) in [6.07, 6.45) is 16.8. The molecule has 2 aliphatic carbocycles. The van der Waals surface area contributed by atoms with Gasteiger partial charge in [-0.2, -0.15) is 0 Å². The van der Waals surface area contributed by atoms with E-state index in [1.807, 2.05) is 0 Å². The van der Waals surface area contributed by atoms with Crippen molar-refractivity contribution >= 4 is 0 Å². The zero-order valence-corrected chi connectivity index (χ0v) is 13.3. The Morgan fingerprint density at radius 2 is 1.80 bits per heavy atom. The van der Waals surface area contributed by atoms with Gasteiger partial charge < -0.3 is 10.1 Å².